The fourth-order valence-corrected chi connectivity index (χ4v) is 7.17. The largest absolute Gasteiger partial charge is 0.489 e. The molecule has 0 bridgehead atoms. The van der Waals surface area contributed by atoms with Crippen LogP contribution in [0.2, 0.25) is 0 Å². The van der Waals surface area contributed by atoms with Crippen LogP contribution < -0.4 is 4.74 Å². The lowest BCUT2D eigenvalue weighted by molar-refractivity contribution is -0.143. The van der Waals surface area contributed by atoms with Crippen molar-refractivity contribution in [2.24, 2.45) is 5.92 Å². The average Bonchev–Trinajstić information content (AvgIpc) is 3.30. The van der Waals surface area contributed by atoms with E-state index in [1.165, 1.54) is 28.8 Å². The highest BCUT2D eigenvalue weighted by Gasteiger charge is 2.31. The molecule has 1 amide bonds. The molecule has 0 radical (unpaired) electrons. The molecule has 11 heteroatoms. The van der Waals surface area contributed by atoms with E-state index in [0.29, 0.717) is 39.3 Å². The Hall–Kier alpha value is -3.44. The summed E-state index contributed by atoms with van der Waals surface area (Å²) in [6, 6.07) is 16.2. The second-order valence-electron chi connectivity index (χ2n) is 9.74. The molecule has 3 aromatic rings. The molecule has 7 nitrogen and oxygen atoms in total. The summed E-state index contributed by atoms with van der Waals surface area (Å²) in [5.41, 5.74) is 2.35. The number of thioether (sulfide) groups is 1. The first kappa shape index (κ1) is 30.5. The van der Waals surface area contributed by atoms with Crippen molar-refractivity contribution in [1.29, 1.82) is 0 Å². The highest BCUT2D eigenvalue weighted by molar-refractivity contribution is 7.98. The molecule has 0 aromatic heterocycles. The molecule has 3 aromatic carbocycles. The van der Waals surface area contributed by atoms with Crippen LogP contribution in [0.1, 0.15) is 29.3 Å². The summed E-state index contributed by atoms with van der Waals surface area (Å²) < 4.78 is 62.3. The maximum Gasteiger partial charge on any atom is 0.325 e. The number of carbonyl (C=O) groups excluding carboxylic acids is 2. The van der Waals surface area contributed by atoms with E-state index in [-0.39, 0.29) is 43.7 Å². The van der Waals surface area contributed by atoms with Gasteiger partial charge in [0.25, 0.3) is 5.91 Å². The molecule has 218 valence electrons. The second-order valence-corrected chi connectivity index (χ2v) is 12.8. The number of sulfone groups is 1. The van der Waals surface area contributed by atoms with E-state index in [1.807, 2.05) is 0 Å². The summed E-state index contributed by atoms with van der Waals surface area (Å²) in [7, 11) is -3.14. The van der Waals surface area contributed by atoms with E-state index >= 15 is 0 Å². The van der Waals surface area contributed by atoms with E-state index in [9.17, 15) is 26.8 Å². The van der Waals surface area contributed by atoms with Crippen molar-refractivity contribution in [3.63, 3.8) is 0 Å². The number of amides is 1. The number of esters is 1. The predicted molar refractivity (Wildman–Crippen MR) is 154 cm³/mol. The molecule has 0 aliphatic carbocycles. The van der Waals surface area contributed by atoms with Crippen LogP contribution in [0.25, 0.3) is 11.1 Å². The van der Waals surface area contributed by atoms with Crippen molar-refractivity contribution in [1.82, 2.24) is 4.90 Å². The number of ether oxygens (including phenoxy) is 2. The van der Waals surface area contributed by atoms with Gasteiger partial charge in [0.2, 0.25) is 0 Å². The molecule has 1 heterocycles. The van der Waals surface area contributed by atoms with Crippen molar-refractivity contribution in [3.05, 3.63) is 83.4 Å². The quantitative estimate of drug-likeness (QED) is 0.215. The molecular weight excluding hydrogens is 572 g/mol. The molecule has 41 heavy (non-hydrogen) atoms. The highest BCUT2D eigenvalue weighted by atomic mass is 32.2. The minimum atomic E-state index is -3.14. The third kappa shape index (κ3) is 8.07. The van der Waals surface area contributed by atoms with Crippen molar-refractivity contribution < 1.29 is 36.3 Å². The zero-order chi connectivity index (χ0) is 29.6. The van der Waals surface area contributed by atoms with Gasteiger partial charge in [-0.05, 0) is 78.6 Å². The first-order chi connectivity index (χ1) is 19.6. The number of carbonyl (C=O) groups is 2. The number of hydrogen-bond donors (Lipinski definition) is 0. The van der Waals surface area contributed by atoms with Crippen LogP contribution in [0.4, 0.5) is 8.78 Å². The molecule has 1 atom stereocenters. The van der Waals surface area contributed by atoms with Crippen LogP contribution in [0.5, 0.6) is 5.75 Å². The Morgan fingerprint density at radius 2 is 1.78 bits per heavy atom. The summed E-state index contributed by atoms with van der Waals surface area (Å²) in [5.74, 6) is -2.40. The third-order valence-corrected chi connectivity index (χ3v) is 9.32. The Labute approximate surface area is 242 Å². The lowest BCUT2D eigenvalue weighted by Gasteiger charge is -2.24. The van der Waals surface area contributed by atoms with Gasteiger partial charge in [-0.15, -0.1) is 11.8 Å². The number of nitrogens with zero attached hydrogens (tertiary/aromatic N) is 1. The van der Waals surface area contributed by atoms with Gasteiger partial charge in [0, 0.05) is 17.0 Å². The van der Waals surface area contributed by atoms with Crippen molar-refractivity contribution >= 4 is 33.5 Å². The first-order valence-corrected chi connectivity index (χ1v) is 16.1. The molecule has 0 spiro atoms. The number of hydrogen-bond acceptors (Lipinski definition) is 7. The van der Waals surface area contributed by atoms with Gasteiger partial charge < -0.3 is 14.4 Å². The monoisotopic (exact) mass is 603 g/mol. The summed E-state index contributed by atoms with van der Waals surface area (Å²) in [4.78, 5) is 27.6. The minimum Gasteiger partial charge on any atom is -0.489 e. The molecule has 1 fully saturated rings. The predicted octanol–water partition coefficient (Wildman–Crippen LogP) is 5.37. The van der Waals surface area contributed by atoms with Gasteiger partial charge in [-0.2, -0.15) is 0 Å². The number of halogens is 2. The SMILES string of the molecule is CCOC(=O)CN(CC1CCS(=O)(=O)C1)C(=O)c1cccc(COc2ccc(-c3cc(F)c(F)cc3SC)cc2)c1. The number of benzene rings is 3. The third-order valence-electron chi connectivity index (χ3n) is 6.70. The van der Waals surface area contributed by atoms with Gasteiger partial charge in [-0.3, -0.25) is 9.59 Å². The van der Waals surface area contributed by atoms with Gasteiger partial charge in [-0.1, -0.05) is 24.3 Å². The van der Waals surface area contributed by atoms with E-state index in [2.05, 4.69) is 0 Å². The zero-order valence-electron chi connectivity index (χ0n) is 22.8. The zero-order valence-corrected chi connectivity index (χ0v) is 24.4. The molecule has 4 rings (SSSR count). The van der Waals surface area contributed by atoms with Crippen LogP contribution in [0.3, 0.4) is 0 Å². The van der Waals surface area contributed by atoms with Gasteiger partial charge in [0.15, 0.2) is 21.5 Å². The molecular formula is C30H31F2NO6S2. The average molecular weight is 604 g/mol. The van der Waals surface area contributed by atoms with E-state index in [0.717, 1.165) is 0 Å². The van der Waals surface area contributed by atoms with Gasteiger partial charge in [0.05, 0.1) is 18.1 Å². The fraction of sp³-hybridized carbons (Fsp3) is 0.333. The summed E-state index contributed by atoms with van der Waals surface area (Å²) in [6.45, 7) is 1.87. The normalized spacial score (nSPS) is 15.9. The van der Waals surface area contributed by atoms with Crippen LogP contribution >= 0.6 is 11.8 Å². The van der Waals surface area contributed by atoms with Crippen LogP contribution in [0.15, 0.2) is 65.6 Å². The van der Waals surface area contributed by atoms with Gasteiger partial charge in [-0.25, -0.2) is 17.2 Å². The molecule has 1 saturated heterocycles. The molecule has 1 aliphatic rings. The Balaban J connectivity index is 1.44. The second kappa shape index (κ2) is 13.5. The maximum absolute atomic E-state index is 13.9. The Morgan fingerprint density at radius 3 is 2.44 bits per heavy atom. The van der Waals surface area contributed by atoms with E-state index in [1.54, 1.807) is 61.7 Å². The lowest BCUT2D eigenvalue weighted by atomic mass is 10.1. The summed E-state index contributed by atoms with van der Waals surface area (Å²) in [5, 5.41) is 0. The van der Waals surface area contributed by atoms with E-state index in [4.69, 9.17) is 9.47 Å². The maximum atomic E-state index is 13.9. The van der Waals surface area contributed by atoms with Crippen LogP contribution in [-0.2, 0) is 26.0 Å². The van der Waals surface area contributed by atoms with Crippen molar-refractivity contribution in [2.75, 3.05) is 37.5 Å². The van der Waals surface area contributed by atoms with Crippen molar-refractivity contribution in [2.45, 2.75) is 24.8 Å². The van der Waals surface area contributed by atoms with Gasteiger partial charge >= 0.3 is 5.97 Å². The smallest absolute Gasteiger partial charge is 0.325 e. The fourth-order valence-electron chi connectivity index (χ4n) is 4.71. The Kier molecular flexibility index (Phi) is 10.0. The van der Waals surface area contributed by atoms with Gasteiger partial charge in [0.1, 0.15) is 18.9 Å². The van der Waals surface area contributed by atoms with Crippen LogP contribution in [-0.4, -0.2) is 62.7 Å². The molecule has 0 saturated carbocycles. The molecule has 1 unspecified atom stereocenters. The number of rotatable bonds is 11. The van der Waals surface area contributed by atoms with Crippen molar-refractivity contribution in [3.8, 4) is 16.9 Å². The van der Waals surface area contributed by atoms with Crippen LogP contribution in [0, 0.1) is 17.6 Å². The molecule has 1 aliphatic heterocycles. The molecule has 0 N–H and O–H groups in total. The Morgan fingerprint density at radius 1 is 1.05 bits per heavy atom. The lowest BCUT2D eigenvalue weighted by Crippen LogP contribution is -2.40. The summed E-state index contributed by atoms with van der Waals surface area (Å²) >= 11 is 1.32. The topological polar surface area (TPSA) is 90.0 Å². The minimum absolute atomic E-state index is 0.0129. The first-order valence-electron chi connectivity index (χ1n) is 13.1. The standard InChI is InChI=1S/C30H31F2NO6S2/c1-3-38-29(34)17-33(16-21-11-12-41(36,37)19-21)30(35)23-6-4-5-20(13-23)18-39-24-9-7-22(8-10-24)25-14-26(31)27(32)15-28(25)40-2/h4-10,13-15,21H,3,11-12,16-19H2,1-2H3. The summed E-state index contributed by atoms with van der Waals surface area (Å²) in [6.07, 6.45) is 2.23. The Bertz CT molecular complexity index is 1510. The van der Waals surface area contributed by atoms with E-state index < -0.39 is 33.3 Å². The highest BCUT2D eigenvalue weighted by Crippen LogP contribution is 2.33.